The van der Waals surface area contributed by atoms with Crippen molar-refractivity contribution >= 4 is 23.3 Å². The number of rotatable bonds is 2. The molecule has 0 bridgehead atoms. The minimum atomic E-state index is -0.528. The topological polar surface area (TPSA) is 75.7 Å². The zero-order chi connectivity index (χ0) is 16.6. The van der Waals surface area contributed by atoms with Crippen molar-refractivity contribution in [3.05, 3.63) is 23.8 Å². The van der Waals surface area contributed by atoms with Gasteiger partial charge in [-0.25, -0.2) is 0 Å². The summed E-state index contributed by atoms with van der Waals surface area (Å²) in [6.45, 7) is 4.47. The average molecular weight is 316 g/mol. The molecule has 2 aliphatic heterocycles. The fourth-order valence-electron chi connectivity index (χ4n) is 3.05. The fourth-order valence-corrected chi connectivity index (χ4v) is 3.05. The highest BCUT2D eigenvalue weighted by atomic mass is 16.5. The van der Waals surface area contributed by atoms with E-state index in [1.165, 1.54) is 0 Å². The fraction of sp³-hybridized carbons (Fsp3) is 0.471. The van der Waals surface area contributed by atoms with Gasteiger partial charge < -0.3 is 15.0 Å². The van der Waals surface area contributed by atoms with Gasteiger partial charge >= 0.3 is 0 Å². The standard InChI is InChI=1S/C17H20N2O4/c1-10-17(22)18-14-9-13(3-4-15(14)23-10)16(21)12-5-7-19(8-6-12)11(2)20/h3-4,9-10,12H,5-8H2,1-2H3,(H,18,22). The number of amides is 2. The first-order chi connectivity index (χ1) is 11.0. The molecule has 1 atom stereocenters. The Bertz CT molecular complexity index is 663. The molecule has 2 heterocycles. The highest BCUT2D eigenvalue weighted by molar-refractivity contribution is 6.02. The Morgan fingerprint density at radius 1 is 1.26 bits per heavy atom. The molecule has 0 aromatic heterocycles. The highest BCUT2D eigenvalue weighted by Gasteiger charge is 2.29. The second-order valence-electron chi connectivity index (χ2n) is 6.10. The third kappa shape index (κ3) is 3.06. The summed E-state index contributed by atoms with van der Waals surface area (Å²) in [7, 11) is 0. The molecule has 23 heavy (non-hydrogen) atoms. The SMILES string of the molecule is CC(=O)N1CCC(C(=O)c2ccc3c(c2)NC(=O)C(C)O3)CC1. The molecule has 1 saturated heterocycles. The highest BCUT2D eigenvalue weighted by Crippen LogP contribution is 2.32. The summed E-state index contributed by atoms with van der Waals surface area (Å²) in [5.41, 5.74) is 1.11. The molecule has 1 fully saturated rings. The number of ketones is 1. The van der Waals surface area contributed by atoms with E-state index in [-0.39, 0.29) is 23.5 Å². The average Bonchev–Trinajstić information content (AvgIpc) is 2.55. The van der Waals surface area contributed by atoms with Crippen LogP contribution in [0.3, 0.4) is 0 Å². The molecule has 122 valence electrons. The second kappa shape index (κ2) is 6.02. The summed E-state index contributed by atoms with van der Waals surface area (Å²) in [5.74, 6) is 0.405. The lowest BCUT2D eigenvalue weighted by molar-refractivity contribution is -0.130. The smallest absolute Gasteiger partial charge is 0.265 e. The van der Waals surface area contributed by atoms with E-state index in [2.05, 4.69) is 5.32 Å². The van der Waals surface area contributed by atoms with Crippen LogP contribution in [0, 0.1) is 5.92 Å². The Morgan fingerprint density at radius 2 is 1.96 bits per heavy atom. The normalized spacial score (nSPS) is 21.2. The van der Waals surface area contributed by atoms with Crippen LogP contribution in [0.4, 0.5) is 5.69 Å². The van der Waals surface area contributed by atoms with Crippen LogP contribution in [0.15, 0.2) is 18.2 Å². The van der Waals surface area contributed by atoms with Crippen LogP contribution < -0.4 is 10.1 Å². The van der Waals surface area contributed by atoms with Gasteiger partial charge in [-0.1, -0.05) is 0 Å². The van der Waals surface area contributed by atoms with Crippen molar-refractivity contribution in [2.24, 2.45) is 5.92 Å². The van der Waals surface area contributed by atoms with Crippen molar-refractivity contribution in [2.45, 2.75) is 32.8 Å². The van der Waals surface area contributed by atoms with Crippen molar-refractivity contribution in [2.75, 3.05) is 18.4 Å². The van der Waals surface area contributed by atoms with Gasteiger partial charge in [0.25, 0.3) is 5.91 Å². The summed E-state index contributed by atoms with van der Waals surface area (Å²) in [6, 6.07) is 5.14. The number of piperidine rings is 1. The van der Waals surface area contributed by atoms with E-state index >= 15 is 0 Å². The summed E-state index contributed by atoms with van der Waals surface area (Å²) >= 11 is 0. The monoisotopic (exact) mass is 316 g/mol. The summed E-state index contributed by atoms with van der Waals surface area (Å²) in [4.78, 5) is 37.5. The Kier molecular flexibility index (Phi) is 4.07. The van der Waals surface area contributed by atoms with Crippen molar-refractivity contribution in [3.63, 3.8) is 0 Å². The maximum Gasteiger partial charge on any atom is 0.265 e. The Labute approximate surface area is 134 Å². The van der Waals surface area contributed by atoms with E-state index in [1.54, 1.807) is 36.9 Å². The molecule has 2 amide bonds. The molecule has 1 aromatic rings. The molecule has 6 nitrogen and oxygen atoms in total. The van der Waals surface area contributed by atoms with Crippen LogP contribution in [0.25, 0.3) is 0 Å². The first-order valence-corrected chi connectivity index (χ1v) is 7.87. The number of Topliss-reactive ketones (excluding diaryl/α,β-unsaturated/α-hetero) is 1. The van der Waals surface area contributed by atoms with Crippen molar-refractivity contribution < 1.29 is 19.1 Å². The van der Waals surface area contributed by atoms with Gasteiger partial charge in [0.15, 0.2) is 11.9 Å². The third-order valence-corrected chi connectivity index (χ3v) is 4.51. The van der Waals surface area contributed by atoms with Gasteiger partial charge in [-0.3, -0.25) is 14.4 Å². The lowest BCUT2D eigenvalue weighted by atomic mass is 9.88. The molecule has 0 radical (unpaired) electrons. The molecule has 0 aliphatic carbocycles. The third-order valence-electron chi connectivity index (χ3n) is 4.51. The van der Waals surface area contributed by atoms with Crippen LogP contribution in [0.1, 0.15) is 37.0 Å². The molecule has 3 rings (SSSR count). The number of carbonyl (C=O) groups is 3. The molecule has 1 unspecified atom stereocenters. The lowest BCUT2D eigenvalue weighted by Gasteiger charge is -2.30. The van der Waals surface area contributed by atoms with Crippen LogP contribution in [-0.4, -0.2) is 41.7 Å². The molecule has 6 heteroatoms. The van der Waals surface area contributed by atoms with Gasteiger partial charge in [0.05, 0.1) is 5.69 Å². The number of fused-ring (bicyclic) bond motifs is 1. The zero-order valence-electron chi connectivity index (χ0n) is 13.3. The number of likely N-dealkylation sites (tertiary alicyclic amines) is 1. The number of nitrogens with one attached hydrogen (secondary N) is 1. The summed E-state index contributed by atoms with van der Waals surface area (Å²) in [6.07, 6.45) is 0.824. The van der Waals surface area contributed by atoms with E-state index in [9.17, 15) is 14.4 Å². The zero-order valence-corrected chi connectivity index (χ0v) is 13.3. The Balaban J connectivity index is 1.73. The van der Waals surface area contributed by atoms with E-state index in [1.807, 2.05) is 0 Å². The van der Waals surface area contributed by atoms with Gasteiger partial charge in [-0.15, -0.1) is 0 Å². The molecule has 0 saturated carbocycles. The number of nitrogens with zero attached hydrogens (tertiary/aromatic N) is 1. The van der Waals surface area contributed by atoms with Crippen molar-refractivity contribution in [3.8, 4) is 5.75 Å². The quantitative estimate of drug-likeness (QED) is 0.845. The van der Waals surface area contributed by atoms with Crippen molar-refractivity contribution in [1.82, 2.24) is 4.90 Å². The molecular formula is C17H20N2O4. The number of ether oxygens (including phenoxy) is 1. The molecule has 2 aliphatic rings. The molecular weight excluding hydrogens is 296 g/mol. The van der Waals surface area contributed by atoms with E-state index in [0.717, 1.165) is 0 Å². The predicted molar refractivity (Wildman–Crippen MR) is 84.5 cm³/mol. The minimum Gasteiger partial charge on any atom is -0.479 e. The van der Waals surface area contributed by atoms with E-state index in [0.29, 0.717) is 42.9 Å². The lowest BCUT2D eigenvalue weighted by Crippen LogP contribution is -2.39. The number of carbonyl (C=O) groups excluding carboxylic acids is 3. The maximum absolute atomic E-state index is 12.7. The first-order valence-electron chi connectivity index (χ1n) is 7.87. The van der Waals surface area contributed by atoms with Crippen LogP contribution >= 0.6 is 0 Å². The summed E-state index contributed by atoms with van der Waals surface area (Å²) < 4.78 is 5.50. The van der Waals surface area contributed by atoms with Crippen LogP contribution in [0.2, 0.25) is 0 Å². The van der Waals surface area contributed by atoms with Crippen LogP contribution in [-0.2, 0) is 9.59 Å². The van der Waals surface area contributed by atoms with E-state index in [4.69, 9.17) is 4.74 Å². The first kappa shape index (κ1) is 15.5. The second-order valence-corrected chi connectivity index (χ2v) is 6.10. The van der Waals surface area contributed by atoms with Crippen molar-refractivity contribution in [1.29, 1.82) is 0 Å². The van der Waals surface area contributed by atoms with Gasteiger partial charge in [0.2, 0.25) is 5.91 Å². The van der Waals surface area contributed by atoms with Gasteiger partial charge in [0, 0.05) is 31.5 Å². The van der Waals surface area contributed by atoms with Crippen LogP contribution in [0.5, 0.6) is 5.75 Å². The predicted octanol–water partition coefficient (Wildman–Crippen LogP) is 1.85. The van der Waals surface area contributed by atoms with Gasteiger partial charge in [-0.2, -0.15) is 0 Å². The number of anilines is 1. The molecule has 1 aromatic carbocycles. The Morgan fingerprint density at radius 3 is 2.61 bits per heavy atom. The summed E-state index contributed by atoms with van der Waals surface area (Å²) in [5, 5.41) is 2.76. The maximum atomic E-state index is 12.7. The van der Waals surface area contributed by atoms with Gasteiger partial charge in [0.1, 0.15) is 5.75 Å². The van der Waals surface area contributed by atoms with E-state index < -0.39 is 6.10 Å². The Hall–Kier alpha value is -2.37. The number of benzene rings is 1. The van der Waals surface area contributed by atoms with Gasteiger partial charge in [-0.05, 0) is 38.0 Å². The molecule has 1 N–H and O–H groups in total. The number of hydrogen-bond donors (Lipinski definition) is 1. The number of hydrogen-bond acceptors (Lipinski definition) is 4. The molecule has 0 spiro atoms. The minimum absolute atomic E-state index is 0.0543. The largest absolute Gasteiger partial charge is 0.479 e.